The number of halogens is 3. The van der Waals surface area contributed by atoms with Gasteiger partial charge in [0.15, 0.2) is 17.5 Å². The van der Waals surface area contributed by atoms with Gasteiger partial charge in [-0.15, -0.1) is 0 Å². The number of anilines is 1. The smallest absolute Gasteiger partial charge is 0.352 e. The number of aromatic nitrogens is 1. The maximum atomic E-state index is 15.7. The molecule has 2 aliphatic rings. The summed E-state index contributed by atoms with van der Waals surface area (Å²) in [5, 5.41) is 26.4. The third kappa shape index (κ3) is 3.82. The van der Waals surface area contributed by atoms with Gasteiger partial charge >= 0.3 is 17.9 Å². The minimum atomic E-state index is -1.67. The molecular formula is C21H18F3N3O7. The topological polar surface area (TPSA) is 140 Å². The highest BCUT2D eigenvalue weighted by molar-refractivity contribution is 5.95. The fourth-order valence-corrected chi connectivity index (χ4v) is 4.13. The first-order valence-corrected chi connectivity index (χ1v) is 10.2. The molecule has 4 rings (SSSR count). The number of aliphatic carboxylic acids is 2. The van der Waals surface area contributed by atoms with Crippen molar-refractivity contribution in [2.75, 3.05) is 31.1 Å². The summed E-state index contributed by atoms with van der Waals surface area (Å²) in [5.74, 6) is -9.19. The Bertz CT molecular complexity index is 1330. The van der Waals surface area contributed by atoms with E-state index < -0.39 is 68.6 Å². The summed E-state index contributed by atoms with van der Waals surface area (Å²) in [6, 6.07) is -0.371. The molecule has 2 heterocycles. The molecule has 1 aliphatic heterocycles. The Morgan fingerprint density at radius 1 is 0.941 bits per heavy atom. The Kier molecular flexibility index (Phi) is 5.71. The minimum absolute atomic E-state index is 0.128. The molecule has 2 fully saturated rings. The predicted octanol–water partition coefficient (Wildman–Crippen LogP) is 1.63. The van der Waals surface area contributed by atoms with E-state index in [1.54, 1.807) is 0 Å². The normalized spacial score (nSPS) is 16.7. The average Bonchev–Trinajstić information content (AvgIpc) is 3.61. The highest BCUT2D eigenvalue weighted by atomic mass is 19.2. The molecular weight excluding hydrogens is 463 g/mol. The Hall–Kier alpha value is -4.03. The molecule has 1 aromatic heterocycles. The van der Waals surface area contributed by atoms with Crippen LogP contribution in [0.2, 0.25) is 0 Å². The maximum absolute atomic E-state index is 15.7. The van der Waals surface area contributed by atoms with Gasteiger partial charge in [0.1, 0.15) is 16.9 Å². The third-order valence-corrected chi connectivity index (χ3v) is 5.86. The summed E-state index contributed by atoms with van der Waals surface area (Å²) in [6.07, 6.45) is 2.51. The van der Waals surface area contributed by atoms with Crippen molar-refractivity contribution in [2.24, 2.45) is 0 Å². The van der Waals surface area contributed by atoms with Crippen LogP contribution in [-0.4, -0.2) is 68.9 Å². The number of pyridine rings is 1. The van der Waals surface area contributed by atoms with Crippen molar-refractivity contribution in [3.05, 3.63) is 51.2 Å². The van der Waals surface area contributed by atoms with Gasteiger partial charge in [0.2, 0.25) is 5.43 Å². The van der Waals surface area contributed by atoms with E-state index in [0.717, 1.165) is 15.7 Å². The molecule has 1 saturated carbocycles. The molecule has 180 valence electrons. The average molecular weight is 481 g/mol. The predicted molar refractivity (Wildman–Crippen MR) is 110 cm³/mol. The van der Waals surface area contributed by atoms with Crippen LogP contribution in [0.3, 0.4) is 0 Å². The molecule has 0 atom stereocenters. The van der Waals surface area contributed by atoms with Crippen LogP contribution >= 0.6 is 0 Å². The highest BCUT2D eigenvalue weighted by Crippen LogP contribution is 2.40. The molecule has 0 unspecified atom stereocenters. The lowest BCUT2D eigenvalue weighted by Gasteiger charge is -2.37. The molecule has 3 N–H and O–H groups in total. The first-order chi connectivity index (χ1) is 16.0. The van der Waals surface area contributed by atoms with Crippen LogP contribution in [0.5, 0.6) is 0 Å². The second-order valence-electron chi connectivity index (χ2n) is 7.98. The lowest BCUT2D eigenvalue weighted by Crippen LogP contribution is -2.47. The van der Waals surface area contributed by atoms with Crippen LogP contribution in [0, 0.1) is 17.5 Å². The molecule has 1 saturated heterocycles. The number of fused-ring (bicyclic) bond motifs is 1. The van der Waals surface area contributed by atoms with Gasteiger partial charge in [0.05, 0.1) is 17.0 Å². The second-order valence-corrected chi connectivity index (χ2v) is 7.98. The number of benzene rings is 1. The van der Waals surface area contributed by atoms with Crippen molar-refractivity contribution >= 4 is 34.5 Å². The summed E-state index contributed by atoms with van der Waals surface area (Å²) < 4.78 is 46.9. The number of rotatable bonds is 6. The third-order valence-electron chi connectivity index (χ3n) is 5.86. The van der Waals surface area contributed by atoms with Crippen LogP contribution in [0.4, 0.5) is 18.9 Å². The Morgan fingerprint density at radius 3 is 2.06 bits per heavy atom. The molecule has 1 aromatic carbocycles. The van der Waals surface area contributed by atoms with Gasteiger partial charge in [-0.3, -0.25) is 4.79 Å². The molecule has 1 aliphatic carbocycles. The molecule has 0 amide bonds. The molecule has 0 radical (unpaired) electrons. The molecule has 2 aromatic rings. The number of nitrogens with zero attached hydrogens (tertiary/aromatic N) is 3. The molecule has 0 bridgehead atoms. The monoisotopic (exact) mass is 481 g/mol. The van der Waals surface area contributed by atoms with E-state index in [2.05, 4.69) is 0 Å². The van der Waals surface area contributed by atoms with Gasteiger partial charge < -0.3 is 29.7 Å². The van der Waals surface area contributed by atoms with E-state index in [0.29, 0.717) is 18.9 Å². The fraction of sp³-hybridized carbons (Fsp3) is 0.333. The number of hydrogen-bond acceptors (Lipinski definition) is 6. The number of carboxylic acids is 3. The second kappa shape index (κ2) is 8.39. The zero-order valence-electron chi connectivity index (χ0n) is 17.4. The highest BCUT2D eigenvalue weighted by Gasteiger charge is 2.35. The van der Waals surface area contributed by atoms with Gasteiger partial charge in [-0.1, -0.05) is 0 Å². The zero-order chi connectivity index (χ0) is 24.9. The van der Waals surface area contributed by atoms with Gasteiger partial charge in [-0.25, -0.2) is 27.6 Å². The lowest BCUT2D eigenvalue weighted by molar-refractivity contribution is -0.136. The number of piperazine rings is 1. The van der Waals surface area contributed by atoms with E-state index in [1.165, 1.54) is 4.90 Å². The molecule has 10 nitrogen and oxygen atoms in total. The summed E-state index contributed by atoms with van der Waals surface area (Å²) in [7, 11) is 0. The Balaban J connectivity index is 1.80. The van der Waals surface area contributed by atoms with Crippen LogP contribution in [0.15, 0.2) is 22.8 Å². The first-order valence-electron chi connectivity index (χ1n) is 10.2. The van der Waals surface area contributed by atoms with Crippen molar-refractivity contribution in [3.63, 3.8) is 0 Å². The lowest BCUT2D eigenvalue weighted by atomic mass is 10.1. The molecule has 34 heavy (non-hydrogen) atoms. The molecule has 0 spiro atoms. The summed E-state index contributed by atoms with van der Waals surface area (Å²) in [5.41, 5.74) is -3.95. The van der Waals surface area contributed by atoms with Gasteiger partial charge in [0.25, 0.3) is 0 Å². The van der Waals surface area contributed by atoms with Crippen molar-refractivity contribution < 1.29 is 42.9 Å². The standard InChI is InChI=1S/C21H18F3N3O7/c22-14-13-17(27(9-1-2-9)8-10(19(13)30)20(31)32)16(24)18(15(14)23)26-5-3-25(4-6-26)11(21(33)34)7-12(28)29/h7-9H,1-6H2,(H,28,29)(H,31,32)(H,33,34)/b11-7-. The van der Waals surface area contributed by atoms with Gasteiger partial charge in [-0.05, 0) is 12.8 Å². The fourth-order valence-electron chi connectivity index (χ4n) is 4.13. The van der Waals surface area contributed by atoms with E-state index in [4.69, 9.17) is 5.11 Å². The summed E-state index contributed by atoms with van der Waals surface area (Å²) >= 11 is 0. The van der Waals surface area contributed by atoms with Crippen molar-refractivity contribution in [3.8, 4) is 0 Å². The van der Waals surface area contributed by atoms with Gasteiger partial charge in [-0.2, -0.15) is 0 Å². The first kappa shape index (κ1) is 23.1. The Labute approximate surface area is 188 Å². The molecule has 13 heteroatoms. The maximum Gasteiger partial charge on any atom is 0.352 e. The summed E-state index contributed by atoms with van der Waals surface area (Å²) in [4.78, 5) is 48.6. The van der Waals surface area contributed by atoms with E-state index in [9.17, 15) is 29.4 Å². The number of carboxylic acid groups (broad SMARTS) is 3. The number of carbonyl (C=O) groups is 3. The Morgan fingerprint density at radius 2 is 1.56 bits per heavy atom. The van der Waals surface area contributed by atoms with Crippen molar-refractivity contribution in [1.82, 2.24) is 9.47 Å². The van der Waals surface area contributed by atoms with Crippen LogP contribution in [0.1, 0.15) is 29.2 Å². The van der Waals surface area contributed by atoms with Crippen molar-refractivity contribution in [2.45, 2.75) is 18.9 Å². The quantitative estimate of drug-likeness (QED) is 0.415. The SMILES string of the molecule is O=C(O)/C=C(/C(=O)O)N1CCN(c2c(F)c(F)c3c(=O)c(C(=O)O)cn(C4CC4)c3c2F)CC1. The van der Waals surface area contributed by atoms with Gasteiger partial charge in [0, 0.05) is 38.4 Å². The minimum Gasteiger partial charge on any atom is -0.478 e. The van der Waals surface area contributed by atoms with E-state index in [1.807, 2.05) is 0 Å². The van der Waals surface area contributed by atoms with E-state index in [-0.39, 0.29) is 32.2 Å². The summed E-state index contributed by atoms with van der Waals surface area (Å²) in [6.45, 7) is -0.609. The number of aromatic carboxylic acids is 1. The van der Waals surface area contributed by atoms with Crippen LogP contribution < -0.4 is 10.3 Å². The largest absolute Gasteiger partial charge is 0.478 e. The zero-order valence-corrected chi connectivity index (χ0v) is 17.4. The van der Waals surface area contributed by atoms with E-state index >= 15 is 13.2 Å². The van der Waals surface area contributed by atoms with Crippen LogP contribution in [-0.2, 0) is 9.59 Å². The number of hydrogen-bond donors (Lipinski definition) is 3. The van der Waals surface area contributed by atoms with Crippen LogP contribution in [0.25, 0.3) is 10.9 Å². The van der Waals surface area contributed by atoms with Crippen molar-refractivity contribution in [1.29, 1.82) is 0 Å².